The zero-order valence-electron chi connectivity index (χ0n) is 15.6. The van der Waals surface area contributed by atoms with Gasteiger partial charge in [-0.1, -0.05) is 11.6 Å². The molecule has 158 valence electrons. The van der Waals surface area contributed by atoms with Crippen molar-refractivity contribution in [3.8, 4) is 5.75 Å². The Morgan fingerprint density at radius 3 is 2.84 bits per heavy atom. The van der Waals surface area contributed by atoms with Crippen LogP contribution in [0.3, 0.4) is 0 Å². The van der Waals surface area contributed by atoms with Crippen LogP contribution in [-0.2, 0) is 17.9 Å². The minimum Gasteiger partial charge on any atom is -0.483 e. The number of aromatic nitrogens is 3. The summed E-state index contributed by atoms with van der Waals surface area (Å²) in [6.45, 7) is -0.326. The normalized spacial score (nSPS) is 10.9. The van der Waals surface area contributed by atoms with E-state index in [2.05, 4.69) is 9.97 Å². The highest BCUT2D eigenvalue weighted by Gasteiger charge is 2.23. The lowest BCUT2D eigenvalue weighted by atomic mass is 10.1. The third-order valence-corrected chi connectivity index (χ3v) is 5.41. The maximum atomic E-state index is 14.8. The van der Waals surface area contributed by atoms with Gasteiger partial charge < -0.3 is 9.30 Å². The van der Waals surface area contributed by atoms with Crippen LogP contribution in [-0.4, -0.2) is 26.3 Å². The van der Waals surface area contributed by atoms with Crippen LogP contribution in [0.25, 0.3) is 10.2 Å². The van der Waals surface area contributed by atoms with Crippen molar-refractivity contribution in [1.82, 2.24) is 19.9 Å². The number of amides is 2. The predicted molar refractivity (Wildman–Crippen MR) is 110 cm³/mol. The molecule has 0 aliphatic rings. The molecule has 4 aromatic rings. The molecule has 7 nitrogen and oxygen atoms in total. The van der Waals surface area contributed by atoms with Gasteiger partial charge in [-0.15, -0.1) is 11.3 Å². The molecule has 31 heavy (non-hydrogen) atoms. The molecule has 4 rings (SSSR count). The topological polar surface area (TPSA) is 86.1 Å². The van der Waals surface area contributed by atoms with Crippen LogP contribution in [0, 0.1) is 11.6 Å². The summed E-state index contributed by atoms with van der Waals surface area (Å²) >= 11 is 7.27. The zero-order valence-corrected chi connectivity index (χ0v) is 17.2. The number of thiazole rings is 1. The lowest BCUT2D eigenvalue weighted by molar-refractivity contribution is -0.120. The van der Waals surface area contributed by atoms with Gasteiger partial charge in [0.2, 0.25) is 5.91 Å². The van der Waals surface area contributed by atoms with Crippen LogP contribution in [0.1, 0.15) is 15.4 Å². The molecule has 0 aliphatic carbocycles. The molecule has 1 N–H and O–H groups in total. The molecule has 0 unspecified atom stereocenters. The highest BCUT2D eigenvalue weighted by Crippen LogP contribution is 2.28. The van der Waals surface area contributed by atoms with Crippen LogP contribution in [0.2, 0.25) is 5.02 Å². The Bertz CT molecular complexity index is 1280. The number of halogens is 3. The van der Waals surface area contributed by atoms with Crippen molar-refractivity contribution in [3.63, 3.8) is 0 Å². The lowest BCUT2D eigenvalue weighted by Gasteiger charge is -2.10. The van der Waals surface area contributed by atoms with E-state index in [-0.39, 0.29) is 18.9 Å². The molecule has 0 saturated heterocycles. The number of hydrogen-bond donors (Lipinski definition) is 1. The summed E-state index contributed by atoms with van der Waals surface area (Å²) in [6, 6.07) is 7.19. The molecule has 0 fully saturated rings. The zero-order chi connectivity index (χ0) is 22.0. The standard InChI is InChI=1S/C20H13ClF2N4O3S/c21-11-1-4-15-13(7-11)25-17(31-15)9-30-14-3-2-12(22)18(19(14)23)20(29)26-16(28)8-27-6-5-24-10-27/h1-7,10H,8-9H2,(H,26,28,29). The third-order valence-electron chi connectivity index (χ3n) is 4.17. The summed E-state index contributed by atoms with van der Waals surface area (Å²) in [4.78, 5) is 32.4. The Balaban J connectivity index is 1.48. The number of fused-ring (bicyclic) bond motifs is 1. The lowest BCUT2D eigenvalue weighted by Crippen LogP contribution is -2.34. The number of nitrogens with one attached hydrogen (secondary N) is 1. The fraction of sp³-hybridized carbons (Fsp3) is 0.100. The Hall–Kier alpha value is -3.37. The molecule has 0 aliphatic heterocycles. The first kappa shape index (κ1) is 20.9. The summed E-state index contributed by atoms with van der Waals surface area (Å²) in [5, 5.41) is 3.03. The molecular weight excluding hydrogens is 450 g/mol. The first-order valence-electron chi connectivity index (χ1n) is 8.86. The van der Waals surface area contributed by atoms with E-state index in [0.29, 0.717) is 15.5 Å². The number of imidazole rings is 1. The first-order valence-corrected chi connectivity index (χ1v) is 10.1. The highest BCUT2D eigenvalue weighted by molar-refractivity contribution is 7.18. The molecule has 0 spiro atoms. The van der Waals surface area contributed by atoms with Gasteiger partial charge in [-0.05, 0) is 30.3 Å². The maximum absolute atomic E-state index is 14.8. The number of rotatable bonds is 6. The minimum absolute atomic E-state index is 0.0971. The smallest absolute Gasteiger partial charge is 0.264 e. The first-order chi connectivity index (χ1) is 14.9. The molecule has 0 bridgehead atoms. The Morgan fingerprint density at radius 2 is 2.06 bits per heavy atom. The molecule has 2 aromatic heterocycles. The van der Waals surface area contributed by atoms with E-state index in [4.69, 9.17) is 16.3 Å². The number of imide groups is 1. The predicted octanol–water partition coefficient (Wildman–Crippen LogP) is 3.96. The van der Waals surface area contributed by atoms with Gasteiger partial charge in [0.1, 0.15) is 29.5 Å². The molecule has 2 amide bonds. The third kappa shape index (κ3) is 4.70. The highest BCUT2D eigenvalue weighted by atomic mass is 35.5. The average Bonchev–Trinajstić information content (AvgIpc) is 3.36. The summed E-state index contributed by atoms with van der Waals surface area (Å²) in [5.41, 5.74) is -0.236. The van der Waals surface area contributed by atoms with Crippen molar-refractivity contribution >= 4 is 45.0 Å². The van der Waals surface area contributed by atoms with Crippen LogP contribution >= 0.6 is 22.9 Å². The molecular formula is C20H13ClF2N4O3S. The molecule has 11 heteroatoms. The Kier molecular flexibility index (Phi) is 5.92. The van der Waals surface area contributed by atoms with Crippen LogP contribution in [0.5, 0.6) is 5.75 Å². The van der Waals surface area contributed by atoms with Gasteiger partial charge in [-0.3, -0.25) is 14.9 Å². The maximum Gasteiger partial charge on any atom is 0.264 e. The average molecular weight is 463 g/mol. The van der Waals surface area contributed by atoms with Gasteiger partial charge in [0.25, 0.3) is 5.91 Å². The molecule has 0 atom stereocenters. The monoisotopic (exact) mass is 462 g/mol. The van der Waals surface area contributed by atoms with E-state index in [9.17, 15) is 18.4 Å². The van der Waals surface area contributed by atoms with E-state index in [0.717, 1.165) is 16.8 Å². The fourth-order valence-electron chi connectivity index (χ4n) is 2.78. The van der Waals surface area contributed by atoms with E-state index in [1.54, 1.807) is 18.2 Å². The van der Waals surface area contributed by atoms with E-state index < -0.39 is 29.0 Å². The summed E-state index contributed by atoms with van der Waals surface area (Å²) in [5.74, 6) is -4.63. The second-order valence-electron chi connectivity index (χ2n) is 6.36. The van der Waals surface area contributed by atoms with Gasteiger partial charge in [0, 0.05) is 17.4 Å². The number of hydrogen-bond acceptors (Lipinski definition) is 6. The number of nitrogens with zero attached hydrogens (tertiary/aromatic N) is 3. The van der Waals surface area contributed by atoms with Gasteiger partial charge in [0.15, 0.2) is 11.6 Å². The number of ether oxygens (including phenoxy) is 1. The summed E-state index contributed by atoms with van der Waals surface area (Å²) in [6.07, 6.45) is 4.33. The quantitative estimate of drug-likeness (QED) is 0.468. The number of carbonyl (C=O) groups is 2. The van der Waals surface area contributed by atoms with Gasteiger partial charge >= 0.3 is 0 Å². The summed E-state index contributed by atoms with van der Waals surface area (Å²) < 4.78 is 36.6. The molecule has 0 saturated carbocycles. The van der Waals surface area contributed by atoms with E-state index in [1.807, 2.05) is 5.32 Å². The van der Waals surface area contributed by atoms with Gasteiger partial charge in [0.05, 0.1) is 16.5 Å². The van der Waals surface area contributed by atoms with Crippen molar-refractivity contribution in [1.29, 1.82) is 0 Å². The fourth-order valence-corrected chi connectivity index (χ4v) is 3.80. The van der Waals surface area contributed by atoms with Crippen LogP contribution < -0.4 is 10.1 Å². The minimum atomic E-state index is -1.21. The van der Waals surface area contributed by atoms with E-state index in [1.165, 1.54) is 34.6 Å². The second kappa shape index (κ2) is 8.78. The number of carbonyl (C=O) groups excluding carboxylic acids is 2. The molecule has 2 heterocycles. The summed E-state index contributed by atoms with van der Waals surface area (Å²) in [7, 11) is 0. The SMILES string of the molecule is O=C(Cn1ccnc1)NC(=O)c1c(F)ccc(OCc2nc3cc(Cl)ccc3s2)c1F. The van der Waals surface area contributed by atoms with Crippen molar-refractivity contribution in [2.45, 2.75) is 13.2 Å². The van der Waals surface area contributed by atoms with Crippen LogP contribution in [0.15, 0.2) is 49.1 Å². The Morgan fingerprint density at radius 1 is 1.23 bits per heavy atom. The largest absolute Gasteiger partial charge is 0.483 e. The second-order valence-corrected chi connectivity index (χ2v) is 7.91. The Labute approximate surface area is 183 Å². The molecule has 2 aromatic carbocycles. The molecule has 0 radical (unpaired) electrons. The number of benzene rings is 2. The van der Waals surface area contributed by atoms with Crippen molar-refractivity contribution in [2.75, 3.05) is 0 Å². The van der Waals surface area contributed by atoms with Crippen LogP contribution in [0.4, 0.5) is 8.78 Å². The van der Waals surface area contributed by atoms with E-state index >= 15 is 0 Å². The van der Waals surface area contributed by atoms with Gasteiger partial charge in [-0.25, -0.2) is 18.7 Å². The van der Waals surface area contributed by atoms with Gasteiger partial charge in [-0.2, -0.15) is 0 Å². The van der Waals surface area contributed by atoms with Crippen molar-refractivity contribution < 1.29 is 23.1 Å². The van der Waals surface area contributed by atoms with Crippen molar-refractivity contribution in [2.24, 2.45) is 0 Å². The van der Waals surface area contributed by atoms with Crippen molar-refractivity contribution in [3.05, 3.63) is 76.3 Å².